The largest absolute Gasteiger partial charge is 0.444 e. The molecule has 0 spiro atoms. The monoisotopic (exact) mass is 422 g/mol. The number of nitrogens with one attached hydrogen (secondary N) is 1. The van der Waals surface area contributed by atoms with E-state index >= 15 is 0 Å². The second-order valence-electron chi connectivity index (χ2n) is 10.3. The Morgan fingerprint density at radius 1 is 1.24 bits per heavy atom. The molecule has 0 radical (unpaired) electrons. The lowest BCUT2D eigenvalue weighted by Gasteiger charge is -2.54. The van der Waals surface area contributed by atoms with Crippen LogP contribution in [-0.2, 0) is 9.53 Å². The number of likely N-dealkylation sites (tertiary alicyclic amines) is 1. The maximum atomic E-state index is 13.9. The first-order chi connectivity index (χ1) is 13.2. The summed E-state index contributed by atoms with van der Waals surface area (Å²) in [5.41, 5.74) is -0.128. The van der Waals surface area contributed by atoms with E-state index in [9.17, 15) is 9.59 Å². The van der Waals surface area contributed by atoms with Crippen LogP contribution in [0.3, 0.4) is 0 Å². The highest BCUT2D eigenvalue weighted by atomic mass is 32.1. The highest BCUT2D eigenvalue weighted by Crippen LogP contribution is 2.47. The van der Waals surface area contributed by atoms with Crippen molar-refractivity contribution < 1.29 is 14.3 Å². The molecule has 0 aromatic carbocycles. The van der Waals surface area contributed by atoms with Gasteiger partial charge in [-0.05, 0) is 69.7 Å². The first-order valence-electron chi connectivity index (χ1n) is 10.6. The van der Waals surface area contributed by atoms with Crippen molar-refractivity contribution in [2.24, 2.45) is 11.3 Å². The fourth-order valence-corrected chi connectivity index (χ4v) is 5.09. The second-order valence-corrected chi connectivity index (χ2v) is 11.4. The summed E-state index contributed by atoms with van der Waals surface area (Å²) in [7, 11) is 0. The van der Waals surface area contributed by atoms with Crippen molar-refractivity contribution in [2.45, 2.75) is 92.7 Å². The topological polar surface area (TPSA) is 58.6 Å². The number of nitrogens with zero attached hydrogens (tertiary/aromatic N) is 1. The highest BCUT2D eigenvalue weighted by Gasteiger charge is 2.58. The van der Waals surface area contributed by atoms with Crippen LogP contribution in [0.1, 0.15) is 78.2 Å². The average molecular weight is 423 g/mol. The zero-order valence-corrected chi connectivity index (χ0v) is 20.4. The molecule has 0 bridgehead atoms. The van der Waals surface area contributed by atoms with Crippen LogP contribution < -0.4 is 5.32 Å². The zero-order valence-electron chi connectivity index (χ0n) is 19.6. The molecule has 1 aliphatic rings. The molecule has 0 saturated carbocycles. The summed E-state index contributed by atoms with van der Waals surface area (Å²) < 4.78 is 5.74. The van der Waals surface area contributed by atoms with Gasteiger partial charge in [-0.15, -0.1) is 11.3 Å². The van der Waals surface area contributed by atoms with E-state index in [1.54, 1.807) is 16.2 Å². The Balaban J connectivity index is 2.54. The quantitative estimate of drug-likeness (QED) is 0.636. The Hall–Kier alpha value is -1.56. The molecular formula is C23H38N2O3S. The Morgan fingerprint density at radius 3 is 2.31 bits per heavy atom. The highest BCUT2D eigenvalue weighted by molar-refractivity contribution is 7.10. The first-order valence-corrected chi connectivity index (χ1v) is 11.5. The van der Waals surface area contributed by atoms with Crippen molar-refractivity contribution in [1.29, 1.82) is 0 Å². The summed E-state index contributed by atoms with van der Waals surface area (Å²) in [6.07, 6.45) is 2.11. The number of anilines is 1. The number of amides is 2. The second kappa shape index (κ2) is 8.29. The summed E-state index contributed by atoms with van der Waals surface area (Å²) in [4.78, 5) is 29.9. The molecule has 0 unspecified atom stereocenters. The predicted molar refractivity (Wildman–Crippen MR) is 121 cm³/mol. The molecule has 2 amide bonds. The molecule has 5 nitrogen and oxygen atoms in total. The smallest absolute Gasteiger partial charge is 0.411 e. The van der Waals surface area contributed by atoms with E-state index in [4.69, 9.17) is 4.74 Å². The molecule has 2 heterocycles. The van der Waals surface area contributed by atoms with Gasteiger partial charge in [-0.2, -0.15) is 0 Å². The van der Waals surface area contributed by atoms with Crippen molar-refractivity contribution in [2.75, 3.05) is 11.9 Å². The first kappa shape index (κ1) is 23.7. The molecule has 1 fully saturated rings. The number of ether oxygens (including phenoxy) is 1. The minimum atomic E-state index is -0.977. The molecule has 164 valence electrons. The SMILES string of the molecule is CC[C@H]1CCN(C(=O)OC(C)(C)C)[C@](C(=O)Nc2c(C)csc2C)(C(C)(C)C)C1. The van der Waals surface area contributed by atoms with Crippen LogP contribution in [-0.4, -0.2) is 34.6 Å². The van der Waals surface area contributed by atoms with Crippen molar-refractivity contribution in [1.82, 2.24) is 4.90 Å². The molecule has 2 atom stereocenters. The predicted octanol–water partition coefficient (Wildman–Crippen LogP) is 6.15. The van der Waals surface area contributed by atoms with Crippen molar-refractivity contribution in [3.8, 4) is 0 Å². The van der Waals surface area contributed by atoms with Gasteiger partial charge in [0.1, 0.15) is 11.1 Å². The van der Waals surface area contributed by atoms with Crippen molar-refractivity contribution in [3.63, 3.8) is 0 Å². The number of piperidine rings is 1. The number of rotatable bonds is 3. The minimum absolute atomic E-state index is 0.112. The Labute approximate surface area is 180 Å². The molecule has 1 saturated heterocycles. The Kier molecular flexibility index (Phi) is 6.78. The van der Waals surface area contributed by atoms with Crippen LogP contribution >= 0.6 is 11.3 Å². The van der Waals surface area contributed by atoms with E-state index < -0.39 is 22.6 Å². The third-order valence-corrected chi connectivity index (χ3v) is 7.04. The van der Waals surface area contributed by atoms with E-state index in [0.29, 0.717) is 18.9 Å². The molecule has 1 N–H and O–H groups in total. The molecule has 1 aliphatic heterocycles. The Bertz CT molecular complexity index is 738. The van der Waals surface area contributed by atoms with E-state index in [2.05, 4.69) is 38.4 Å². The lowest BCUT2D eigenvalue weighted by atomic mass is 9.64. The van der Waals surface area contributed by atoms with Crippen LogP contribution in [0.2, 0.25) is 0 Å². The molecular weight excluding hydrogens is 384 g/mol. The number of carbonyl (C=O) groups excluding carboxylic acids is 2. The van der Waals surface area contributed by atoms with Crippen molar-refractivity contribution >= 4 is 29.0 Å². The molecule has 29 heavy (non-hydrogen) atoms. The maximum absolute atomic E-state index is 13.9. The summed E-state index contributed by atoms with van der Waals surface area (Å²) in [6.45, 7) is 18.4. The van der Waals surface area contributed by atoms with Gasteiger partial charge in [-0.1, -0.05) is 34.1 Å². The molecule has 0 aliphatic carbocycles. The molecule has 2 rings (SSSR count). The number of hydrogen-bond acceptors (Lipinski definition) is 4. The average Bonchev–Trinajstić information content (AvgIpc) is 2.90. The summed E-state index contributed by atoms with van der Waals surface area (Å²) >= 11 is 1.63. The number of hydrogen-bond donors (Lipinski definition) is 1. The molecule has 6 heteroatoms. The lowest BCUT2D eigenvalue weighted by Crippen LogP contribution is -2.69. The Morgan fingerprint density at radius 2 is 1.86 bits per heavy atom. The number of thiophene rings is 1. The lowest BCUT2D eigenvalue weighted by molar-refractivity contribution is -0.142. The van der Waals surface area contributed by atoms with Gasteiger partial charge in [-0.3, -0.25) is 9.69 Å². The van der Waals surface area contributed by atoms with Crippen molar-refractivity contribution in [3.05, 3.63) is 15.8 Å². The fourth-order valence-electron chi connectivity index (χ4n) is 4.29. The normalized spacial score (nSPS) is 23.1. The van der Waals surface area contributed by atoms with E-state index in [1.807, 2.05) is 34.6 Å². The minimum Gasteiger partial charge on any atom is -0.444 e. The summed E-state index contributed by atoms with van der Waals surface area (Å²) in [5, 5.41) is 5.24. The van der Waals surface area contributed by atoms with Gasteiger partial charge in [0.05, 0.1) is 5.69 Å². The zero-order chi connectivity index (χ0) is 22.2. The third kappa shape index (κ3) is 4.79. The van der Waals surface area contributed by atoms with Crippen LogP contribution in [0.15, 0.2) is 5.38 Å². The van der Waals surface area contributed by atoms with Gasteiger partial charge < -0.3 is 10.1 Å². The van der Waals surface area contributed by atoms with Gasteiger partial charge in [0.15, 0.2) is 0 Å². The standard InChI is InChI=1S/C23H38N2O3S/c1-10-17-11-12-25(20(27)28-22(7,8)9)23(13-17,21(4,5)6)19(26)24-18-15(2)14-29-16(18)3/h14,17H,10-13H2,1-9H3,(H,24,26)/t17-,23+/m0/s1. The van der Waals surface area contributed by atoms with Crippen LogP contribution in [0, 0.1) is 25.2 Å². The van der Waals surface area contributed by atoms with Gasteiger partial charge in [0.2, 0.25) is 0 Å². The third-order valence-electron chi connectivity index (χ3n) is 6.01. The fraction of sp³-hybridized carbons (Fsp3) is 0.739. The summed E-state index contributed by atoms with van der Waals surface area (Å²) in [5.74, 6) is 0.280. The van der Waals surface area contributed by atoms with Crippen LogP contribution in [0.25, 0.3) is 0 Å². The van der Waals surface area contributed by atoms with Gasteiger partial charge in [-0.25, -0.2) is 4.79 Å². The van der Waals surface area contributed by atoms with Crippen LogP contribution in [0.4, 0.5) is 10.5 Å². The molecule has 1 aromatic heterocycles. The van der Waals surface area contributed by atoms with Gasteiger partial charge in [0.25, 0.3) is 5.91 Å². The van der Waals surface area contributed by atoms with Gasteiger partial charge >= 0.3 is 6.09 Å². The van der Waals surface area contributed by atoms with E-state index in [0.717, 1.165) is 29.0 Å². The number of carbonyl (C=O) groups is 2. The molecule has 1 aromatic rings. The summed E-state index contributed by atoms with van der Waals surface area (Å²) in [6, 6.07) is 0. The van der Waals surface area contributed by atoms with E-state index in [-0.39, 0.29) is 5.91 Å². The van der Waals surface area contributed by atoms with E-state index in [1.165, 1.54) is 0 Å². The number of aryl methyl sites for hydroxylation is 2. The van der Waals surface area contributed by atoms with Gasteiger partial charge in [0, 0.05) is 11.4 Å². The maximum Gasteiger partial charge on any atom is 0.411 e. The van der Waals surface area contributed by atoms with Crippen LogP contribution in [0.5, 0.6) is 0 Å².